The second-order valence-corrected chi connectivity index (χ2v) is 6.04. The zero-order valence-electron chi connectivity index (χ0n) is 13.4. The Bertz CT molecular complexity index is 783. The highest BCUT2D eigenvalue weighted by Crippen LogP contribution is 2.44. The first kappa shape index (κ1) is 16.1. The second-order valence-electron chi connectivity index (χ2n) is 6.04. The number of nitro groups is 1. The van der Waals surface area contributed by atoms with Gasteiger partial charge < -0.3 is 10.6 Å². The number of nitrogens with zero attached hydrogens (tertiary/aromatic N) is 2. The Kier molecular flexibility index (Phi) is 4.31. The molecule has 0 aliphatic heterocycles. The highest BCUT2D eigenvalue weighted by molar-refractivity contribution is 6.06. The fourth-order valence-electron chi connectivity index (χ4n) is 2.79. The summed E-state index contributed by atoms with van der Waals surface area (Å²) >= 11 is 0. The Morgan fingerprint density at radius 3 is 2.46 bits per heavy atom. The van der Waals surface area contributed by atoms with Crippen molar-refractivity contribution >= 4 is 17.3 Å². The molecule has 0 unspecified atom stereocenters. The first-order valence-electron chi connectivity index (χ1n) is 7.86. The highest BCUT2D eigenvalue weighted by Gasteiger charge is 2.28. The van der Waals surface area contributed by atoms with Crippen molar-refractivity contribution in [2.75, 3.05) is 11.9 Å². The molecule has 6 heteroatoms. The van der Waals surface area contributed by atoms with Gasteiger partial charge in [-0.25, -0.2) is 0 Å². The standard InChI is InChI=1S/C18H19N3O3/c1-20(18(22)14-5-7-15(8-6-14)21(23)24)17-9-2-12(11-19)10-16(17)13-3-4-13/h2,5-10,13H,3-4,11,19H2,1H3. The van der Waals surface area contributed by atoms with Gasteiger partial charge in [-0.1, -0.05) is 12.1 Å². The number of nitro benzene ring substituents is 1. The predicted molar refractivity (Wildman–Crippen MR) is 92.1 cm³/mol. The van der Waals surface area contributed by atoms with Crippen LogP contribution in [-0.2, 0) is 6.54 Å². The van der Waals surface area contributed by atoms with Crippen LogP contribution in [0.4, 0.5) is 11.4 Å². The van der Waals surface area contributed by atoms with Crippen LogP contribution < -0.4 is 10.6 Å². The van der Waals surface area contributed by atoms with E-state index in [1.165, 1.54) is 24.3 Å². The topological polar surface area (TPSA) is 89.5 Å². The van der Waals surface area contributed by atoms with Gasteiger partial charge >= 0.3 is 0 Å². The van der Waals surface area contributed by atoms with Gasteiger partial charge in [0.2, 0.25) is 0 Å². The van der Waals surface area contributed by atoms with Gasteiger partial charge in [-0.15, -0.1) is 0 Å². The van der Waals surface area contributed by atoms with Crippen LogP contribution in [0, 0.1) is 10.1 Å². The number of rotatable bonds is 5. The SMILES string of the molecule is CN(C(=O)c1ccc([N+](=O)[O-])cc1)c1ccc(CN)cc1C1CC1. The van der Waals surface area contributed by atoms with Crippen LogP contribution in [0.3, 0.4) is 0 Å². The Balaban J connectivity index is 1.89. The third kappa shape index (κ3) is 3.14. The van der Waals surface area contributed by atoms with Gasteiger partial charge in [0.25, 0.3) is 11.6 Å². The van der Waals surface area contributed by atoms with Crippen LogP contribution in [0.15, 0.2) is 42.5 Å². The van der Waals surface area contributed by atoms with E-state index >= 15 is 0 Å². The number of benzene rings is 2. The molecule has 1 aliphatic carbocycles. The summed E-state index contributed by atoms with van der Waals surface area (Å²) in [7, 11) is 1.73. The third-order valence-electron chi connectivity index (χ3n) is 4.34. The molecule has 6 nitrogen and oxygen atoms in total. The van der Waals surface area contributed by atoms with Crippen molar-refractivity contribution < 1.29 is 9.72 Å². The summed E-state index contributed by atoms with van der Waals surface area (Å²) in [6.45, 7) is 0.472. The number of carbonyl (C=O) groups is 1. The molecule has 0 spiro atoms. The first-order chi connectivity index (χ1) is 11.5. The van der Waals surface area contributed by atoms with Crippen molar-refractivity contribution in [1.29, 1.82) is 0 Å². The lowest BCUT2D eigenvalue weighted by Crippen LogP contribution is -2.27. The molecule has 0 radical (unpaired) electrons. The summed E-state index contributed by atoms with van der Waals surface area (Å²) in [6.07, 6.45) is 2.25. The monoisotopic (exact) mass is 325 g/mol. The molecule has 0 atom stereocenters. The van der Waals surface area contributed by atoms with Crippen LogP contribution in [0.1, 0.15) is 40.2 Å². The molecule has 1 saturated carbocycles. The minimum atomic E-state index is -0.477. The maximum absolute atomic E-state index is 12.7. The Labute approximate surface area is 140 Å². The number of anilines is 1. The molecule has 0 bridgehead atoms. The molecule has 1 amide bonds. The van der Waals surface area contributed by atoms with Crippen LogP contribution in [0.5, 0.6) is 0 Å². The minimum absolute atomic E-state index is 0.0276. The van der Waals surface area contributed by atoms with E-state index in [0.29, 0.717) is 18.0 Å². The molecule has 1 fully saturated rings. The molecule has 0 heterocycles. The van der Waals surface area contributed by atoms with E-state index in [9.17, 15) is 14.9 Å². The molecule has 2 aromatic rings. The lowest BCUT2D eigenvalue weighted by atomic mass is 10.0. The van der Waals surface area contributed by atoms with Crippen molar-refractivity contribution in [2.24, 2.45) is 5.73 Å². The molecule has 24 heavy (non-hydrogen) atoms. The smallest absolute Gasteiger partial charge is 0.269 e. The van der Waals surface area contributed by atoms with E-state index in [4.69, 9.17) is 5.73 Å². The molecule has 0 saturated heterocycles. The van der Waals surface area contributed by atoms with Crippen molar-refractivity contribution in [3.63, 3.8) is 0 Å². The van der Waals surface area contributed by atoms with Gasteiger partial charge in [0.15, 0.2) is 0 Å². The molecule has 1 aliphatic rings. The van der Waals surface area contributed by atoms with Gasteiger partial charge in [0.1, 0.15) is 0 Å². The molecule has 3 rings (SSSR count). The summed E-state index contributed by atoms with van der Waals surface area (Å²) in [6, 6.07) is 11.6. The van der Waals surface area contributed by atoms with E-state index in [0.717, 1.165) is 29.7 Å². The van der Waals surface area contributed by atoms with Gasteiger partial charge in [-0.2, -0.15) is 0 Å². The second kappa shape index (κ2) is 6.41. The fourth-order valence-corrected chi connectivity index (χ4v) is 2.79. The van der Waals surface area contributed by atoms with Crippen LogP contribution >= 0.6 is 0 Å². The largest absolute Gasteiger partial charge is 0.326 e. The van der Waals surface area contributed by atoms with Crippen LogP contribution in [-0.4, -0.2) is 17.9 Å². The normalized spacial score (nSPS) is 13.6. The van der Waals surface area contributed by atoms with E-state index in [-0.39, 0.29) is 11.6 Å². The summed E-state index contributed by atoms with van der Waals surface area (Å²) in [4.78, 5) is 24.6. The lowest BCUT2D eigenvalue weighted by Gasteiger charge is -2.21. The lowest BCUT2D eigenvalue weighted by molar-refractivity contribution is -0.384. The minimum Gasteiger partial charge on any atom is -0.326 e. The van der Waals surface area contributed by atoms with Crippen molar-refractivity contribution in [2.45, 2.75) is 25.3 Å². The van der Waals surface area contributed by atoms with Gasteiger partial charge in [-0.3, -0.25) is 14.9 Å². The zero-order chi connectivity index (χ0) is 17.3. The number of amides is 1. The summed E-state index contributed by atoms with van der Waals surface area (Å²) in [5.74, 6) is 0.297. The number of carbonyl (C=O) groups excluding carboxylic acids is 1. The Hall–Kier alpha value is -2.73. The fraction of sp³-hybridized carbons (Fsp3) is 0.278. The summed E-state index contributed by atoms with van der Waals surface area (Å²) in [5.41, 5.74) is 9.19. The maximum atomic E-state index is 12.7. The number of non-ortho nitro benzene ring substituents is 1. The molecular formula is C18H19N3O3. The van der Waals surface area contributed by atoms with E-state index in [1.54, 1.807) is 11.9 Å². The van der Waals surface area contributed by atoms with Crippen molar-refractivity contribution in [1.82, 2.24) is 0 Å². The predicted octanol–water partition coefficient (Wildman–Crippen LogP) is 3.21. The van der Waals surface area contributed by atoms with Gasteiger partial charge in [-0.05, 0) is 48.1 Å². The molecular weight excluding hydrogens is 306 g/mol. The number of hydrogen-bond acceptors (Lipinski definition) is 4. The Morgan fingerprint density at radius 1 is 1.25 bits per heavy atom. The Morgan fingerprint density at radius 2 is 1.92 bits per heavy atom. The average Bonchev–Trinajstić information content (AvgIpc) is 3.45. The van der Waals surface area contributed by atoms with Crippen LogP contribution in [0.25, 0.3) is 0 Å². The van der Waals surface area contributed by atoms with Gasteiger partial charge in [0, 0.05) is 37.0 Å². The number of nitrogens with two attached hydrogens (primary N) is 1. The number of hydrogen-bond donors (Lipinski definition) is 1. The van der Waals surface area contributed by atoms with E-state index < -0.39 is 4.92 Å². The average molecular weight is 325 g/mol. The third-order valence-corrected chi connectivity index (χ3v) is 4.34. The first-order valence-corrected chi connectivity index (χ1v) is 7.86. The van der Waals surface area contributed by atoms with Crippen molar-refractivity contribution in [3.8, 4) is 0 Å². The highest BCUT2D eigenvalue weighted by atomic mass is 16.6. The summed E-state index contributed by atoms with van der Waals surface area (Å²) < 4.78 is 0. The van der Waals surface area contributed by atoms with Crippen molar-refractivity contribution in [3.05, 3.63) is 69.3 Å². The summed E-state index contributed by atoms with van der Waals surface area (Å²) in [5, 5.41) is 10.7. The quantitative estimate of drug-likeness (QED) is 0.675. The molecule has 124 valence electrons. The molecule has 2 aromatic carbocycles. The van der Waals surface area contributed by atoms with Crippen LogP contribution in [0.2, 0.25) is 0 Å². The van der Waals surface area contributed by atoms with Gasteiger partial charge in [0.05, 0.1) is 4.92 Å². The zero-order valence-corrected chi connectivity index (χ0v) is 13.4. The molecule has 2 N–H and O–H groups in total. The maximum Gasteiger partial charge on any atom is 0.269 e. The van der Waals surface area contributed by atoms with E-state index in [1.807, 2.05) is 12.1 Å². The van der Waals surface area contributed by atoms with E-state index in [2.05, 4.69) is 6.07 Å². The molecule has 0 aromatic heterocycles.